The molecular formula is C14H25NO3S. The molecule has 0 spiro atoms. The molecule has 0 aromatic carbocycles. The first-order valence-electron chi connectivity index (χ1n) is 7.23. The SMILES string of the molecule is CCCCCCCCC(=O)N1C(C)SCC1C(=O)O. The van der Waals surface area contributed by atoms with E-state index in [1.54, 1.807) is 16.7 Å². The number of thioether (sulfide) groups is 1. The van der Waals surface area contributed by atoms with Gasteiger partial charge in [0.1, 0.15) is 6.04 Å². The van der Waals surface area contributed by atoms with Gasteiger partial charge in [0.2, 0.25) is 5.91 Å². The van der Waals surface area contributed by atoms with Crippen molar-refractivity contribution in [2.24, 2.45) is 0 Å². The zero-order valence-corrected chi connectivity index (χ0v) is 12.7. The van der Waals surface area contributed by atoms with Gasteiger partial charge in [-0.05, 0) is 13.3 Å². The number of carboxylic acids is 1. The van der Waals surface area contributed by atoms with Gasteiger partial charge in [-0.25, -0.2) is 4.79 Å². The lowest BCUT2D eigenvalue weighted by Crippen LogP contribution is -2.44. The normalized spacial score (nSPS) is 22.7. The summed E-state index contributed by atoms with van der Waals surface area (Å²) in [5, 5.41) is 9.11. The number of nitrogens with zero attached hydrogens (tertiary/aromatic N) is 1. The van der Waals surface area contributed by atoms with Gasteiger partial charge in [-0.3, -0.25) is 4.79 Å². The van der Waals surface area contributed by atoms with Crippen LogP contribution in [-0.2, 0) is 9.59 Å². The van der Waals surface area contributed by atoms with Gasteiger partial charge in [0.15, 0.2) is 0 Å². The van der Waals surface area contributed by atoms with Crippen molar-refractivity contribution in [1.82, 2.24) is 4.90 Å². The quantitative estimate of drug-likeness (QED) is 0.697. The second kappa shape index (κ2) is 8.46. The summed E-state index contributed by atoms with van der Waals surface area (Å²) in [5.41, 5.74) is 0. The summed E-state index contributed by atoms with van der Waals surface area (Å²) in [7, 11) is 0. The second-order valence-corrected chi connectivity index (χ2v) is 6.45. The second-order valence-electron chi connectivity index (χ2n) is 5.11. The van der Waals surface area contributed by atoms with Gasteiger partial charge in [0.25, 0.3) is 0 Å². The van der Waals surface area contributed by atoms with Crippen LogP contribution in [0.1, 0.15) is 58.8 Å². The Morgan fingerprint density at radius 3 is 2.47 bits per heavy atom. The number of unbranched alkanes of at least 4 members (excludes halogenated alkanes) is 5. The summed E-state index contributed by atoms with van der Waals surface area (Å²) in [6.45, 7) is 4.09. The molecule has 110 valence electrons. The van der Waals surface area contributed by atoms with E-state index >= 15 is 0 Å². The Morgan fingerprint density at radius 2 is 1.84 bits per heavy atom. The van der Waals surface area contributed by atoms with Crippen LogP contribution in [0.15, 0.2) is 0 Å². The average molecular weight is 287 g/mol. The van der Waals surface area contributed by atoms with Gasteiger partial charge >= 0.3 is 5.97 Å². The van der Waals surface area contributed by atoms with Gasteiger partial charge in [-0.15, -0.1) is 11.8 Å². The van der Waals surface area contributed by atoms with Crippen molar-refractivity contribution in [3.63, 3.8) is 0 Å². The van der Waals surface area contributed by atoms with Crippen molar-refractivity contribution in [1.29, 1.82) is 0 Å². The van der Waals surface area contributed by atoms with Gasteiger partial charge < -0.3 is 10.0 Å². The number of carbonyl (C=O) groups is 2. The fourth-order valence-electron chi connectivity index (χ4n) is 2.40. The summed E-state index contributed by atoms with van der Waals surface area (Å²) in [6, 6.07) is -0.632. The van der Waals surface area contributed by atoms with E-state index in [2.05, 4.69) is 6.92 Å². The van der Waals surface area contributed by atoms with Crippen molar-refractivity contribution in [2.75, 3.05) is 5.75 Å². The van der Waals surface area contributed by atoms with Crippen LogP contribution in [0.2, 0.25) is 0 Å². The van der Waals surface area contributed by atoms with E-state index in [0.717, 1.165) is 12.8 Å². The van der Waals surface area contributed by atoms with Gasteiger partial charge in [-0.2, -0.15) is 0 Å². The van der Waals surface area contributed by atoms with Crippen molar-refractivity contribution < 1.29 is 14.7 Å². The Labute approximate surface area is 119 Å². The van der Waals surface area contributed by atoms with Crippen molar-refractivity contribution in [3.05, 3.63) is 0 Å². The molecule has 1 N–H and O–H groups in total. The van der Waals surface area contributed by atoms with Crippen LogP contribution in [-0.4, -0.2) is 39.1 Å². The smallest absolute Gasteiger partial charge is 0.327 e. The zero-order chi connectivity index (χ0) is 14.3. The highest BCUT2D eigenvalue weighted by atomic mass is 32.2. The molecule has 2 unspecified atom stereocenters. The third-order valence-electron chi connectivity index (χ3n) is 3.54. The first-order valence-corrected chi connectivity index (χ1v) is 8.28. The summed E-state index contributed by atoms with van der Waals surface area (Å²) in [4.78, 5) is 24.8. The van der Waals surface area contributed by atoms with E-state index < -0.39 is 12.0 Å². The standard InChI is InChI=1S/C14H25NO3S/c1-3-4-5-6-7-8-9-13(16)15-11(2)19-10-12(15)14(17)18/h11-12H,3-10H2,1-2H3,(H,17,18). The lowest BCUT2D eigenvalue weighted by atomic mass is 10.1. The van der Waals surface area contributed by atoms with E-state index in [1.165, 1.54) is 25.7 Å². The van der Waals surface area contributed by atoms with Gasteiger partial charge in [0, 0.05) is 12.2 Å². The lowest BCUT2D eigenvalue weighted by molar-refractivity contribution is -0.148. The fraction of sp³-hybridized carbons (Fsp3) is 0.857. The molecule has 1 amide bonds. The van der Waals surface area contributed by atoms with E-state index in [0.29, 0.717) is 12.2 Å². The van der Waals surface area contributed by atoms with Crippen LogP contribution in [0, 0.1) is 0 Å². The number of carbonyl (C=O) groups excluding carboxylic acids is 1. The Bertz CT molecular complexity index is 309. The molecule has 19 heavy (non-hydrogen) atoms. The van der Waals surface area contributed by atoms with Crippen LogP contribution in [0.5, 0.6) is 0 Å². The number of carboxylic acid groups (broad SMARTS) is 1. The van der Waals surface area contributed by atoms with E-state index in [9.17, 15) is 9.59 Å². The highest BCUT2D eigenvalue weighted by Gasteiger charge is 2.38. The van der Waals surface area contributed by atoms with E-state index in [-0.39, 0.29) is 11.3 Å². The molecule has 5 heteroatoms. The monoisotopic (exact) mass is 287 g/mol. The third-order valence-corrected chi connectivity index (χ3v) is 4.76. The predicted molar refractivity (Wildman–Crippen MR) is 78.2 cm³/mol. The van der Waals surface area contributed by atoms with Gasteiger partial charge in [-0.1, -0.05) is 39.0 Å². The third kappa shape index (κ3) is 5.05. The number of amides is 1. The number of hydrogen-bond acceptors (Lipinski definition) is 3. The molecule has 0 aliphatic carbocycles. The topological polar surface area (TPSA) is 57.6 Å². The lowest BCUT2D eigenvalue weighted by Gasteiger charge is -2.25. The molecule has 0 aromatic heterocycles. The van der Waals surface area contributed by atoms with Crippen molar-refractivity contribution >= 4 is 23.6 Å². The van der Waals surface area contributed by atoms with Crippen LogP contribution in [0.4, 0.5) is 0 Å². The highest BCUT2D eigenvalue weighted by molar-refractivity contribution is 8.00. The summed E-state index contributed by atoms with van der Waals surface area (Å²) < 4.78 is 0. The molecule has 4 nitrogen and oxygen atoms in total. The summed E-state index contributed by atoms with van der Waals surface area (Å²) >= 11 is 1.54. The minimum absolute atomic E-state index is 0.000363. The summed E-state index contributed by atoms with van der Waals surface area (Å²) in [6.07, 6.45) is 7.32. The average Bonchev–Trinajstić information content (AvgIpc) is 2.75. The Morgan fingerprint density at radius 1 is 1.21 bits per heavy atom. The molecule has 2 atom stereocenters. The molecule has 0 bridgehead atoms. The highest BCUT2D eigenvalue weighted by Crippen LogP contribution is 2.29. The summed E-state index contributed by atoms with van der Waals surface area (Å²) in [5.74, 6) is -0.368. The molecule has 1 aliphatic heterocycles. The maximum absolute atomic E-state index is 12.1. The first-order chi connectivity index (χ1) is 9.07. The fourth-order valence-corrected chi connectivity index (χ4v) is 3.59. The number of rotatable bonds is 8. The van der Waals surface area contributed by atoms with Gasteiger partial charge in [0.05, 0.1) is 5.37 Å². The maximum Gasteiger partial charge on any atom is 0.327 e. The molecule has 1 aliphatic rings. The minimum atomic E-state index is -0.881. The molecule has 0 saturated carbocycles. The molecule has 1 saturated heterocycles. The molecule has 1 rings (SSSR count). The maximum atomic E-state index is 12.1. The molecule has 1 heterocycles. The number of aliphatic carboxylic acids is 1. The molecule has 1 fully saturated rings. The van der Waals surface area contributed by atoms with Crippen LogP contribution in [0.3, 0.4) is 0 Å². The molecule has 0 radical (unpaired) electrons. The molecule has 0 aromatic rings. The zero-order valence-electron chi connectivity index (χ0n) is 11.9. The first kappa shape index (κ1) is 16.3. The van der Waals surface area contributed by atoms with E-state index in [1.807, 2.05) is 6.92 Å². The van der Waals surface area contributed by atoms with Crippen molar-refractivity contribution in [2.45, 2.75) is 70.2 Å². The van der Waals surface area contributed by atoms with E-state index in [4.69, 9.17) is 5.11 Å². The van der Waals surface area contributed by atoms with Crippen LogP contribution < -0.4 is 0 Å². The largest absolute Gasteiger partial charge is 0.480 e. The number of hydrogen-bond donors (Lipinski definition) is 1. The molecular weight excluding hydrogens is 262 g/mol. The van der Waals surface area contributed by atoms with Crippen LogP contribution in [0.25, 0.3) is 0 Å². The van der Waals surface area contributed by atoms with Crippen molar-refractivity contribution in [3.8, 4) is 0 Å². The Hall–Kier alpha value is -0.710. The predicted octanol–water partition coefficient (Wildman–Crippen LogP) is 3.11. The Kier molecular flexibility index (Phi) is 7.28. The minimum Gasteiger partial charge on any atom is -0.480 e. The van der Waals surface area contributed by atoms with Crippen LogP contribution >= 0.6 is 11.8 Å². The Balaban J connectivity index is 2.29.